The van der Waals surface area contributed by atoms with Crippen molar-refractivity contribution in [3.05, 3.63) is 48.3 Å². The van der Waals surface area contributed by atoms with Crippen LogP contribution in [-0.4, -0.2) is 32.5 Å². The third-order valence-corrected chi connectivity index (χ3v) is 3.97. The van der Waals surface area contributed by atoms with Crippen molar-refractivity contribution in [2.24, 2.45) is 7.05 Å². The highest BCUT2D eigenvalue weighted by Gasteiger charge is 2.22. The van der Waals surface area contributed by atoms with Gasteiger partial charge in [0.25, 0.3) is 0 Å². The maximum atomic E-state index is 4.42. The molecule has 0 saturated carbocycles. The molecule has 4 heteroatoms. The fourth-order valence-corrected chi connectivity index (χ4v) is 2.86. The minimum Gasteiger partial charge on any atom is -0.337 e. The van der Waals surface area contributed by atoms with Gasteiger partial charge in [-0.25, -0.2) is 4.98 Å². The van der Waals surface area contributed by atoms with Crippen LogP contribution in [0.2, 0.25) is 0 Å². The van der Waals surface area contributed by atoms with Crippen LogP contribution in [0.5, 0.6) is 0 Å². The first-order valence-corrected chi connectivity index (χ1v) is 6.91. The molecule has 3 rings (SSSR count). The van der Waals surface area contributed by atoms with Crippen molar-refractivity contribution in [3.8, 4) is 0 Å². The fraction of sp³-hybridized carbons (Fsp3) is 0.467. The molecule has 2 aromatic rings. The molecule has 1 fully saturated rings. The highest BCUT2D eigenvalue weighted by atomic mass is 15.2. The van der Waals surface area contributed by atoms with Crippen molar-refractivity contribution in [3.63, 3.8) is 0 Å². The average Bonchev–Trinajstić information content (AvgIpc) is 2.86. The highest BCUT2D eigenvalue weighted by molar-refractivity contribution is 5.17. The summed E-state index contributed by atoms with van der Waals surface area (Å²) in [6.07, 6.45) is 10.2. The molecule has 0 bridgehead atoms. The van der Waals surface area contributed by atoms with Crippen LogP contribution in [-0.2, 0) is 13.6 Å². The predicted octanol–water partition coefficient (Wildman–Crippen LogP) is 2.19. The second kappa shape index (κ2) is 5.53. The molecular formula is C15H20N4. The topological polar surface area (TPSA) is 34.0 Å². The molecule has 0 unspecified atom stereocenters. The van der Waals surface area contributed by atoms with E-state index in [2.05, 4.69) is 38.6 Å². The lowest BCUT2D eigenvalue weighted by atomic mass is 9.91. The Hall–Kier alpha value is -1.68. The Labute approximate surface area is 114 Å². The molecule has 2 aromatic heterocycles. The van der Waals surface area contributed by atoms with Crippen LogP contribution in [0.1, 0.15) is 30.1 Å². The summed E-state index contributed by atoms with van der Waals surface area (Å²) in [7, 11) is 2.06. The van der Waals surface area contributed by atoms with Gasteiger partial charge in [-0.15, -0.1) is 0 Å². The van der Waals surface area contributed by atoms with E-state index in [0.717, 1.165) is 18.9 Å². The molecular weight excluding hydrogens is 236 g/mol. The summed E-state index contributed by atoms with van der Waals surface area (Å²) in [5.41, 5.74) is 1.42. The van der Waals surface area contributed by atoms with Gasteiger partial charge in [0.05, 0.1) is 6.54 Å². The molecule has 0 amide bonds. The van der Waals surface area contributed by atoms with Gasteiger partial charge in [0.1, 0.15) is 5.82 Å². The minimum atomic E-state index is 0.636. The second-order valence-corrected chi connectivity index (χ2v) is 5.31. The Morgan fingerprint density at radius 1 is 1.26 bits per heavy atom. The molecule has 1 aliphatic rings. The van der Waals surface area contributed by atoms with Crippen LogP contribution < -0.4 is 0 Å². The van der Waals surface area contributed by atoms with E-state index in [0.29, 0.717) is 5.92 Å². The number of aromatic nitrogens is 3. The number of piperidine rings is 1. The van der Waals surface area contributed by atoms with Crippen molar-refractivity contribution >= 4 is 0 Å². The zero-order valence-corrected chi connectivity index (χ0v) is 11.4. The molecule has 100 valence electrons. The van der Waals surface area contributed by atoms with Crippen LogP contribution in [0.15, 0.2) is 36.9 Å². The number of aryl methyl sites for hydroxylation is 1. The number of hydrogen-bond acceptors (Lipinski definition) is 3. The normalized spacial score (nSPS) is 20.6. The SMILES string of the molecule is Cn1ccnc1CN1CCC[C@@H](c2ccncc2)C1. The Balaban J connectivity index is 1.67. The van der Waals surface area contributed by atoms with E-state index >= 15 is 0 Å². The number of nitrogens with zero attached hydrogens (tertiary/aromatic N) is 4. The maximum Gasteiger partial charge on any atom is 0.122 e. The molecule has 1 atom stereocenters. The van der Waals surface area contributed by atoms with E-state index in [1.807, 2.05) is 24.8 Å². The first-order chi connectivity index (χ1) is 9.33. The highest BCUT2D eigenvalue weighted by Crippen LogP contribution is 2.26. The summed E-state index contributed by atoms with van der Waals surface area (Å²) in [5.74, 6) is 1.78. The fourth-order valence-electron chi connectivity index (χ4n) is 2.86. The van der Waals surface area contributed by atoms with Gasteiger partial charge in [-0.3, -0.25) is 9.88 Å². The summed E-state index contributed by atoms with van der Waals surface area (Å²) >= 11 is 0. The molecule has 0 aromatic carbocycles. The van der Waals surface area contributed by atoms with Crippen LogP contribution in [0.3, 0.4) is 0 Å². The zero-order chi connectivity index (χ0) is 13.1. The Morgan fingerprint density at radius 2 is 2.11 bits per heavy atom. The van der Waals surface area contributed by atoms with Crippen LogP contribution in [0, 0.1) is 0 Å². The van der Waals surface area contributed by atoms with Crippen molar-refractivity contribution < 1.29 is 0 Å². The summed E-state index contributed by atoms with van der Waals surface area (Å²) in [6, 6.07) is 4.30. The lowest BCUT2D eigenvalue weighted by Crippen LogP contribution is -2.34. The van der Waals surface area contributed by atoms with Crippen LogP contribution >= 0.6 is 0 Å². The predicted molar refractivity (Wildman–Crippen MR) is 74.7 cm³/mol. The van der Waals surface area contributed by atoms with Gasteiger partial charge >= 0.3 is 0 Å². The van der Waals surface area contributed by atoms with Crippen LogP contribution in [0.25, 0.3) is 0 Å². The molecule has 0 aliphatic carbocycles. The number of likely N-dealkylation sites (tertiary alicyclic amines) is 1. The second-order valence-electron chi connectivity index (χ2n) is 5.31. The van der Waals surface area contributed by atoms with Crippen molar-refractivity contribution in [2.75, 3.05) is 13.1 Å². The van der Waals surface area contributed by atoms with E-state index in [1.54, 1.807) is 0 Å². The summed E-state index contributed by atoms with van der Waals surface area (Å²) in [6.45, 7) is 3.25. The van der Waals surface area contributed by atoms with Gasteiger partial charge in [0.15, 0.2) is 0 Å². The van der Waals surface area contributed by atoms with E-state index in [9.17, 15) is 0 Å². The third kappa shape index (κ3) is 2.84. The van der Waals surface area contributed by atoms with Gasteiger partial charge in [-0.1, -0.05) is 0 Å². The van der Waals surface area contributed by atoms with E-state index < -0.39 is 0 Å². The zero-order valence-electron chi connectivity index (χ0n) is 11.4. The summed E-state index contributed by atoms with van der Waals surface area (Å²) in [4.78, 5) is 11.0. The molecule has 0 spiro atoms. The lowest BCUT2D eigenvalue weighted by molar-refractivity contribution is 0.194. The first kappa shape index (κ1) is 12.4. The van der Waals surface area contributed by atoms with Gasteiger partial charge < -0.3 is 4.57 Å². The lowest BCUT2D eigenvalue weighted by Gasteiger charge is -2.32. The van der Waals surface area contributed by atoms with Gasteiger partial charge in [0.2, 0.25) is 0 Å². The smallest absolute Gasteiger partial charge is 0.122 e. The van der Waals surface area contributed by atoms with Crippen molar-refractivity contribution in [1.82, 2.24) is 19.4 Å². The van der Waals surface area contributed by atoms with Gasteiger partial charge in [0, 0.05) is 38.4 Å². The van der Waals surface area contributed by atoms with Gasteiger partial charge in [-0.05, 0) is 43.0 Å². The molecule has 3 heterocycles. The number of pyridine rings is 1. The van der Waals surface area contributed by atoms with E-state index in [1.165, 1.54) is 24.9 Å². The maximum absolute atomic E-state index is 4.42. The third-order valence-electron chi connectivity index (χ3n) is 3.97. The standard InChI is InChI=1S/C15H20N4/c1-18-10-8-17-15(18)12-19-9-2-3-14(11-19)13-4-6-16-7-5-13/h4-8,10,14H,2-3,9,11-12H2,1H3/t14-/m1/s1. The number of imidazole rings is 1. The minimum absolute atomic E-state index is 0.636. The van der Waals surface area contributed by atoms with Crippen molar-refractivity contribution in [2.45, 2.75) is 25.3 Å². The van der Waals surface area contributed by atoms with E-state index in [4.69, 9.17) is 0 Å². The first-order valence-electron chi connectivity index (χ1n) is 6.91. The summed E-state index contributed by atoms with van der Waals surface area (Å²) in [5, 5.41) is 0. The molecule has 0 N–H and O–H groups in total. The molecule has 1 saturated heterocycles. The van der Waals surface area contributed by atoms with E-state index in [-0.39, 0.29) is 0 Å². The molecule has 0 radical (unpaired) electrons. The Morgan fingerprint density at radius 3 is 2.84 bits per heavy atom. The Kier molecular flexibility index (Phi) is 3.60. The largest absolute Gasteiger partial charge is 0.337 e. The van der Waals surface area contributed by atoms with Crippen molar-refractivity contribution in [1.29, 1.82) is 0 Å². The van der Waals surface area contributed by atoms with Crippen LogP contribution in [0.4, 0.5) is 0 Å². The quantitative estimate of drug-likeness (QED) is 0.844. The molecule has 19 heavy (non-hydrogen) atoms. The monoisotopic (exact) mass is 256 g/mol. The van der Waals surface area contributed by atoms with Gasteiger partial charge in [-0.2, -0.15) is 0 Å². The average molecular weight is 256 g/mol. The summed E-state index contributed by atoms with van der Waals surface area (Å²) < 4.78 is 2.11. The number of hydrogen-bond donors (Lipinski definition) is 0. The Bertz CT molecular complexity index is 520. The molecule has 4 nitrogen and oxygen atoms in total. The molecule has 1 aliphatic heterocycles. The number of rotatable bonds is 3.